The smallest absolute Gasteiger partial charge is 0.310 e. The molecule has 0 fully saturated rings. The Kier molecular flexibility index (Phi) is 7.95. The summed E-state index contributed by atoms with van der Waals surface area (Å²) in [5.41, 5.74) is 2.92. The van der Waals surface area contributed by atoms with E-state index in [2.05, 4.69) is 0 Å². The molecule has 0 heterocycles. The lowest BCUT2D eigenvalue weighted by molar-refractivity contribution is 0.116. The Balaban J connectivity index is 2.27. The third-order valence-corrected chi connectivity index (χ3v) is 7.62. The van der Waals surface area contributed by atoms with E-state index < -0.39 is 21.3 Å². The van der Waals surface area contributed by atoms with Gasteiger partial charge >= 0.3 is 15.4 Å². The van der Waals surface area contributed by atoms with E-state index >= 15 is 0 Å². The van der Waals surface area contributed by atoms with E-state index in [-0.39, 0.29) is 6.42 Å². The number of rotatable bonds is 10. The Bertz CT molecular complexity index is 792. The van der Waals surface area contributed by atoms with E-state index in [4.69, 9.17) is 22.6 Å². The second-order valence-corrected chi connectivity index (χ2v) is 9.77. The van der Waals surface area contributed by atoms with E-state index in [1.54, 1.807) is 0 Å². The molecule has 0 aliphatic carbocycles. The second kappa shape index (κ2) is 9.76. The highest BCUT2D eigenvalue weighted by Crippen LogP contribution is 2.60. The number of hydrogen-bond donors (Lipinski definition) is 0. The molecule has 7 nitrogen and oxygen atoms in total. The summed E-state index contributed by atoms with van der Waals surface area (Å²) in [4.78, 5) is 0. The van der Waals surface area contributed by atoms with Gasteiger partial charge in [0.15, 0.2) is 5.85 Å². The molecule has 1 unspecified atom stereocenters. The van der Waals surface area contributed by atoms with E-state index in [0.717, 1.165) is 16.7 Å². The highest BCUT2D eigenvalue weighted by atomic mass is 31.2. The fourth-order valence-electron chi connectivity index (χ4n) is 2.49. The predicted octanol–water partition coefficient (Wildman–Crippen LogP) is 5.13. The molecule has 0 saturated carbocycles. The molecule has 0 N–H and O–H groups in total. The average Bonchev–Trinajstić information content (AvgIpc) is 2.73. The van der Waals surface area contributed by atoms with Crippen LogP contribution in [0.15, 0.2) is 54.6 Å². The molecule has 0 radical (unpaired) electrons. The van der Waals surface area contributed by atoms with Gasteiger partial charge in [0.25, 0.3) is 0 Å². The second-order valence-electron chi connectivity index (χ2n) is 5.54. The van der Waals surface area contributed by atoms with Crippen LogP contribution in [0.25, 0.3) is 11.1 Å². The van der Waals surface area contributed by atoms with Crippen LogP contribution < -0.4 is 0 Å². The molecule has 0 spiro atoms. The Hall–Kier alpha value is -1.30. The summed E-state index contributed by atoms with van der Waals surface area (Å²) >= 11 is 0. The van der Waals surface area contributed by atoms with Gasteiger partial charge < -0.3 is 9.05 Å². The first-order valence-corrected chi connectivity index (χ1v) is 11.2. The van der Waals surface area contributed by atoms with Crippen molar-refractivity contribution in [2.24, 2.45) is 0 Å². The average molecular weight is 414 g/mol. The van der Waals surface area contributed by atoms with Gasteiger partial charge in [-0.2, -0.15) is 0 Å². The van der Waals surface area contributed by atoms with Gasteiger partial charge in [0.05, 0.1) is 0 Å². The van der Waals surface area contributed by atoms with Crippen molar-refractivity contribution in [2.45, 2.75) is 12.3 Å². The third-order valence-electron chi connectivity index (χ3n) is 4.03. The maximum Gasteiger partial charge on any atom is 0.475 e. The number of phosphoric acid groups is 1. The summed E-state index contributed by atoms with van der Waals surface area (Å²) in [6.45, 7) is 0. The Labute approximate surface area is 159 Å². The maximum absolute atomic E-state index is 12.9. The van der Waals surface area contributed by atoms with Gasteiger partial charge in [-0.15, -0.1) is 0 Å². The maximum atomic E-state index is 12.9. The first-order chi connectivity index (χ1) is 12.9. The van der Waals surface area contributed by atoms with Crippen LogP contribution in [0.3, 0.4) is 0 Å². The fraction of sp³-hybridized carbons (Fsp3) is 0.333. The standard InChI is InChI=1S/C18H24O7P2/c1-21-26(19,22-2)18(25-27(20,23-3)24-4)14-15-10-12-17(13-11-15)16-8-6-5-7-9-16/h5-13,18H,14H2,1-4H3. The molecule has 0 aliphatic rings. The molecule has 0 aliphatic heterocycles. The van der Waals surface area contributed by atoms with Crippen molar-refractivity contribution < 1.29 is 31.7 Å². The van der Waals surface area contributed by atoms with Crippen molar-refractivity contribution in [3.8, 4) is 11.1 Å². The molecule has 9 heteroatoms. The molecule has 0 saturated heterocycles. The molecule has 0 amide bonds. The molecular weight excluding hydrogens is 390 g/mol. The summed E-state index contributed by atoms with van der Waals surface area (Å²) in [5, 5.41) is 0. The van der Waals surface area contributed by atoms with Gasteiger partial charge in [0.1, 0.15) is 0 Å². The largest absolute Gasteiger partial charge is 0.475 e. The molecule has 1 atom stereocenters. The summed E-state index contributed by atoms with van der Waals surface area (Å²) in [5.74, 6) is -1.17. The minimum absolute atomic E-state index is 0.130. The molecule has 148 valence electrons. The summed E-state index contributed by atoms with van der Waals surface area (Å²) < 4.78 is 50.3. The van der Waals surface area contributed by atoms with Crippen molar-refractivity contribution in [3.63, 3.8) is 0 Å². The summed E-state index contributed by atoms with van der Waals surface area (Å²) in [6.07, 6.45) is 0.130. The molecular formula is C18H24O7P2. The zero-order valence-corrected chi connectivity index (χ0v) is 17.5. The van der Waals surface area contributed by atoms with Crippen molar-refractivity contribution >= 4 is 15.4 Å². The topological polar surface area (TPSA) is 80.3 Å². The highest BCUT2D eigenvalue weighted by molar-refractivity contribution is 7.55. The van der Waals surface area contributed by atoms with Crippen molar-refractivity contribution in [3.05, 3.63) is 60.2 Å². The Morgan fingerprint density at radius 1 is 0.741 bits per heavy atom. The van der Waals surface area contributed by atoms with Crippen LogP contribution in [0, 0.1) is 0 Å². The predicted molar refractivity (Wildman–Crippen MR) is 104 cm³/mol. The molecule has 2 rings (SSSR count). The van der Waals surface area contributed by atoms with Crippen molar-refractivity contribution in [2.75, 3.05) is 28.4 Å². The zero-order valence-electron chi connectivity index (χ0n) is 15.7. The minimum atomic E-state index is -3.89. The van der Waals surface area contributed by atoms with Gasteiger partial charge in [-0.3, -0.25) is 18.1 Å². The van der Waals surface area contributed by atoms with Gasteiger partial charge in [0, 0.05) is 34.9 Å². The molecule has 2 aromatic carbocycles. The summed E-state index contributed by atoms with van der Waals surface area (Å²) in [6, 6.07) is 17.5. The summed E-state index contributed by atoms with van der Waals surface area (Å²) in [7, 11) is -2.75. The Morgan fingerprint density at radius 2 is 1.26 bits per heavy atom. The van der Waals surface area contributed by atoms with E-state index in [0.29, 0.717) is 0 Å². The SMILES string of the molecule is COP(=O)(OC)OC(Cc1ccc(-c2ccccc2)cc1)P(=O)(OC)OC. The molecule has 0 bridgehead atoms. The van der Waals surface area contributed by atoms with E-state index in [1.807, 2.05) is 54.6 Å². The lowest BCUT2D eigenvalue weighted by atomic mass is 10.0. The molecule has 27 heavy (non-hydrogen) atoms. The van der Waals surface area contributed by atoms with E-state index in [9.17, 15) is 9.13 Å². The lowest BCUT2D eigenvalue weighted by Crippen LogP contribution is -2.18. The van der Waals surface area contributed by atoms with Crippen LogP contribution in [-0.2, 0) is 38.2 Å². The van der Waals surface area contributed by atoms with Crippen molar-refractivity contribution in [1.29, 1.82) is 0 Å². The van der Waals surface area contributed by atoms with Gasteiger partial charge in [-0.1, -0.05) is 54.6 Å². The first-order valence-electron chi connectivity index (χ1n) is 8.15. The third kappa shape index (κ3) is 5.59. The zero-order chi connectivity index (χ0) is 19.9. The van der Waals surface area contributed by atoms with Gasteiger partial charge in [-0.05, 0) is 16.7 Å². The van der Waals surface area contributed by atoms with Crippen LogP contribution in [0.2, 0.25) is 0 Å². The van der Waals surface area contributed by atoms with Crippen LogP contribution in [0.1, 0.15) is 5.56 Å². The molecule has 0 aromatic heterocycles. The first kappa shape index (κ1) is 22.0. The number of benzene rings is 2. The molecule has 2 aromatic rings. The fourth-order valence-corrected chi connectivity index (χ4v) is 5.05. The van der Waals surface area contributed by atoms with Gasteiger partial charge in [0.2, 0.25) is 0 Å². The van der Waals surface area contributed by atoms with Crippen LogP contribution >= 0.6 is 15.4 Å². The normalized spacial score (nSPS) is 13.5. The Morgan fingerprint density at radius 3 is 1.74 bits per heavy atom. The van der Waals surface area contributed by atoms with Crippen molar-refractivity contribution in [1.82, 2.24) is 0 Å². The van der Waals surface area contributed by atoms with Crippen LogP contribution in [-0.4, -0.2) is 34.3 Å². The monoisotopic (exact) mass is 414 g/mol. The van der Waals surface area contributed by atoms with Crippen LogP contribution in [0.4, 0.5) is 0 Å². The van der Waals surface area contributed by atoms with Crippen LogP contribution in [0.5, 0.6) is 0 Å². The van der Waals surface area contributed by atoms with Gasteiger partial charge in [-0.25, -0.2) is 4.57 Å². The number of phosphoric ester groups is 1. The van der Waals surface area contributed by atoms with E-state index in [1.165, 1.54) is 28.4 Å². The highest BCUT2D eigenvalue weighted by Gasteiger charge is 2.41. The lowest BCUT2D eigenvalue weighted by Gasteiger charge is -2.26. The quantitative estimate of drug-likeness (QED) is 0.499. The minimum Gasteiger partial charge on any atom is -0.310 e. The number of hydrogen-bond acceptors (Lipinski definition) is 7.